The second-order valence-electron chi connectivity index (χ2n) is 9.72. The van der Waals surface area contributed by atoms with Crippen LogP contribution in [0.4, 0.5) is 22.2 Å². The molecule has 3 N–H and O–H groups in total. The van der Waals surface area contributed by atoms with Crippen LogP contribution >= 0.6 is 34.5 Å². The lowest BCUT2D eigenvalue weighted by Gasteiger charge is -2.37. The number of hydrogen-bond acceptors (Lipinski definition) is 10. The zero-order valence-corrected chi connectivity index (χ0v) is 24.7. The molecule has 0 spiro atoms. The van der Waals surface area contributed by atoms with E-state index in [4.69, 9.17) is 37.7 Å². The first kappa shape index (κ1) is 28.7. The molecule has 1 aliphatic heterocycles. The van der Waals surface area contributed by atoms with E-state index in [2.05, 4.69) is 20.5 Å². The van der Waals surface area contributed by atoms with Crippen molar-refractivity contribution in [1.29, 1.82) is 0 Å². The highest BCUT2D eigenvalue weighted by Gasteiger charge is 2.37. The minimum atomic E-state index is -0.622. The van der Waals surface area contributed by atoms with Gasteiger partial charge >= 0.3 is 13.1 Å². The molecule has 0 bridgehead atoms. The minimum absolute atomic E-state index is 0.0334. The number of carbonyl (C=O) groups is 1. The molecule has 212 valence electrons. The summed E-state index contributed by atoms with van der Waals surface area (Å²) in [7, 11) is 2.34. The SMILES string of the molecule is COc1cc(OC)c(Cl)c(N2Cc3cnc(N[C@@H]4CCCC[C@@H]4NB(C)O)nc3N(Cc3cscn3)C2=O)c1Cl. The number of halogens is 2. The Bertz CT molecular complexity index is 1340. The molecule has 2 aliphatic rings. The molecule has 3 heterocycles. The molecule has 1 saturated carbocycles. The summed E-state index contributed by atoms with van der Waals surface area (Å²) in [5, 5.41) is 18.8. The van der Waals surface area contributed by atoms with E-state index < -0.39 is 7.05 Å². The first-order chi connectivity index (χ1) is 19.3. The first-order valence-electron chi connectivity index (χ1n) is 12.9. The molecule has 1 fully saturated rings. The molecule has 0 saturated heterocycles. The standard InChI is InChI=1S/C25H30BCl2N7O4S/c1-26(37)33-17-7-5-4-6-16(17)31-24-29-9-14-10-34(22-20(27)18(38-2)8-19(39-3)21(22)28)25(36)35(23(14)32-24)11-15-12-40-13-30-15/h8-9,12-13,16-17,33,37H,4-7,10-11H2,1-3H3,(H,29,31,32)/t16-,17+/m1/s1. The summed E-state index contributed by atoms with van der Waals surface area (Å²) >= 11 is 14.8. The fraction of sp³-hybridized carbons (Fsp3) is 0.440. The predicted octanol–water partition coefficient (Wildman–Crippen LogP) is 4.83. The van der Waals surface area contributed by atoms with E-state index in [9.17, 15) is 9.82 Å². The Morgan fingerprint density at radius 3 is 2.48 bits per heavy atom. The second-order valence-corrected chi connectivity index (χ2v) is 11.2. The van der Waals surface area contributed by atoms with Gasteiger partial charge in [-0.3, -0.25) is 9.80 Å². The van der Waals surface area contributed by atoms with Gasteiger partial charge in [0.2, 0.25) is 5.95 Å². The highest BCUT2D eigenvalue weighted by atomic mass is 35.5. The van der Waals surface area contributed by atoms with Crippen molar-refractivity contribution in [1.82, 2.24) is 20.2 Å². The molecule has 2 aromatic heterocycles. The van der Waals surface area contributed by atoms with E-state index in [1.54, 1.807) is 29.5 Å². The number of ether oxygens (including phenoxy) is 2. The van der Waals surface area contributed by atoms with Gasteiger partial charge in [-0.2, -0.15) is 4.98 Å². The number of hydrogen-bond donors (Lipinski definition) is 3. The minimum Gasteiger partial charge on any atom is -0.495 e. The zero-order valence-electron chi connectivity index (χ0n) is 22.4. The predicted molar refractivity (Wildman–Crippen MR) is 158 cm³/mol. The molecule has 2 atom stereocenters. The summed E-state index contributed by atoms with van der Waals surface area (Å²) < 4.78 is 10.9. The van der Waals surface area contributed by atoms with Gasteiger partial charge in [0, 0.05) is 35.3 Å². The molecule has 2 amide bonds. The first-order valence-corrected chi connectivity index (χ1v) is 14.6. The van der Waals surface area contributed by atoms with Crippen molar-refractivity contribution < 1.29 is 19.3 Å². The van der Waals surface area contributed by atoms with E-state index in [1.807, 2.05) is 5.38 Å². The van der Waals surface area contributed by atoms with Crippen LogP contribution in [0.1, 0.15) is 36.9 Å². The number of fused-ring (bicyclic) bond motifs is 1. The quantitative estimate of drug-likeness (QED) is 0.294. The number of urea groups is 1. The molecule has 15 heteroatoms. The Kier molecular flexibility index (Phi) is 8.86. The highest BCUT2D eigenvalue weighted by molar-refractivity contribution is 7.07. The third-order valence-electron chi connectivity index (χ3n) is 7.05. The largest absolute Gasteiger partial charge is 0.495 e. The topological polar surface area (TPSA) is 125 Å². The fourth-order valence-electron chi connectivity index (χ4n) is 5.17. The van der Waals surface area contributed by atoms with Crippen LogP contribution in [0.15, 0.2) is 23.2 Å². The Hall–Kier alpha value is -2.84. The van der Waals surface area contributed by atoms with E-state index in [1.165, 1.54) is 30.5 Å². The van der Waals surface area contributed by atoms with Crippen molar-refractivity contribution in [3.63, 3.8) is 0 Å². The molecule has 1 aliphatic carbocycles. The number of aromatic nitrogens is 3. The summed E-state index contributed by atoms with van der Waals surface area (Å²) in [6.45, 7) is 2.03. The van der Waals surface area contributed by atoms with E-state index in [-0.39, 0.29) is 46.9 Å². The third kappa shape index (κ3) is 5.79. The van der Waals surface area contributed by atoms with Gasteiger partial charge in [0.05, 0.1) is 44.2 Å². The summed E-state index contributed by atoms with van der Waals surface area (Å²) in [5.74, 6) is 1.54. The van der Waals surface area contributed by atoms with E-state index in [0.29, 0.717) is 34.5 Å². The van der Waals surface area contributed by atoms with Crippen molar-refractivity contribution in [2.45, 2.75) is 57.7 Å². The molecule has 11 nitrogen and oxygen atoms in total. The van der Waals surface area contributed by atoms with Gasteiger partial charge in [-0.15, -0.1) is 11.3 Å². The van der Waals surface area contributed by atoms with Crippen LogP contribution in [0, 0.1) is 0 Å². The molecular formula is C25H30BCl2N7O4S. The molecule has 0 unspecified atom stereocenters. The van der Waals surface area contributed by atoms with Crippen LogP contribution in [0.25, 0.3) is 0 Å². The lowest BCUT2D eigenvalue weighted by Crippen LogP contribution is -2.51. The highest BCUT2D eigenvalue weighted by Crippen LogP contribution is 2.48. The van der Waals surface area contributed by atoms with Gasteiger partial charge < -0.3 is 25.0 Å². The summed E-state index contributed by atoms with van der Waals surface area (Å²) in [4.78, 5) is 30.9. The van der Waals surface area contributed by atoms with Crippen LogP contribution in [0.2, 0.25) is 16.9 Å². The zero-order chi connectivity index (χ0) is 28.4. The van der Waals surface area contributed by atoms with Gasteiger partial charge in [-0.05, 0) is 19.7 Å². The van der Waals surface area contributed by atoms with Crippen molar-refractivity contribution >= 4 is 65.1 Å². The van der Waals surface area contributed by atoms with Crippen LogP contribution in [-0.4, -0.2) is 59.4 Å². The van der Waals surface area contributed by atoms with E-state index in [0.717, 1.165) is 25.7 Å². The number of rotatable bonds is 9. The number of anilines is 3. The number of nitrogens with zero attached hydrogens (tertiary/aromatic N) is 5. The summed E-state index contributed by atoms with van der Waals surface area (Å²) in [5.41, 5.74) is 3.41. The third-order valence-corrected chi connectivity index (χ3v) is 8.41. The van der Waals surface area contributed by atoms with Gasteiger partial charge in [0.25, 0.3) is 0 Å². The maximum absolute atomic E-state index is 14.1. The summed E-state index contributed by atoms with van der Waals surface area (Å²) in [6, 6.07) is 1.31. The van der Waals surface area contributed by atoms with Crippen LogP contribution in [0.5, 0.6) is 11.5 Å². The second kappa shape index (κ2) is 12.4. The average molecular weight is 606 g/mol. The average Bonchev–Trinajstić information content (AvgIpc) is 3.45. The number of nitrogens with one attached hydrogen (secondary N) is 2. The van der Waals surface area contributed by atoms with Gasteiger partial charge in [-0.1, -0.05) is 36.0 Å². The number of amides is 2. The lowest BCUT2D eigenvalue weighted by atomic mass is 9.81. The summed E-state index contributed by atoms with van der Waals surface area (Å²) in [6.07, 6.45) is 5.70. The van der Waals surface area contributed by atoms with Crippen molar-refractivity contribution in [2.24, 2.45) is 0 Å². The van der Waals surface area contributed by atoms with Gasteiger partial charge in [0.15, 0.2) is 0 Å². The van der Waals surface area contributed by atoms with Crippen molar-refractivity contribution in [2.75, 3.05) is 29.3 Å². The molecule has 0 radical (unpaired) electrons. The Balaban J connectivity index is 1.53. The van der Waals surface area contributed by atoms with Crippen LogP contribution in [0.3, 0.4) is 0 Å². The van der Waals surface area contributed by atoms with Crippen LogP contribution < -0.4 is 29.8 Å². The molecule has 5 rings (SSSR count). The van der Waals surface area contributed by atoms with Crippen molar-refractivity contribution in [3.8, 4) is 11.5 Å². The normalized spacial score (nSPS) is 18.9. The number of carbonyl (C=O) groups excluding carboxylic acids is 1. The Labute approximate surface area is 247 Å². The monoisotopic (exact) mass is 605 g/mol. The smallest absolute Gasteiger partial charge is 0.373 e. The fourth-order valence-corrected chi connectivity index (χ4v) is 6.42. The number of methoxy groups -OCH3 is 2. The Morgan fingerprint density at radius 1 is 1.15 bits per heavy atom. The maximum atomic E-state index is 14.1. The van der Waals surface area contributed by atoms with Gasteiger partial charge in [-0.25, -0.2) is 14.8 Å². The van der Waals surface area contributed by atoms with Gasteiger partial charge in [0.1, 0.15) is 27.4 Å². The lowest BCUT2D eigenvalue weighted by molar-refractivity contribution is 0.249. The molecule has 1 aromatic carbocycles. The number of thiazole rings is 1. The molecule has 40 heavy (non-hydrogen) atoms. The van der Waals surface area contributed by atoms with E-state index >= 15 is 0 Å². The Morgan fingerprint density at radius 2 is 1.85 bits per heavy atom. The van der Waals surface area contributed by atoms with Crippen LogP contribution in [-0.2, 0) is 13.1 Å². The molecule has 3 aromatic rings. The van der Waals surface area contributed by atoms with Crippen molar-refractivity contribution in [3.05, 3.63) is 44.5 Å². The molecular weight excluding hydrogens is 576 g/mol. The number of benzene rings is 1. The maximum Gasteiger partial charge on any atom is 0.373 e.